The maximum Gasteiger partial charge on any atom is 0.159 e. The average Bonchev–Trinajstić information content (AvgIpc) is 2.79. The van der Waals surface area contributed by atoms with Crippen LogP contribution in [0, 0.1) is 5.92 Å². The SMILES string of the molecule is CCCCCCCC=COc1ccc(-c2ncc(CCCCC(C)CC)cn2)cc1. The summed E-state index contributed by atoms with van der Waals surface area (Å²) in [6, 6.07) is 8.00. The van der Waals surface area contributed by atoms with Crippen LogP contribution < -0.4 is 4.74 Å². The molecule has 0 saturated carbocycles. The van der Waals surface area contributed by atoms with Crippen molar-refractivity contribution in [2.24, 2.45) is 5.92 Å². The Labute approximate surface area is 184 Å². The highest BCUT2D eigenvalue weighted by atomic mass is 16.5. The topological polar surface area (TPSA) is 35.0 Å². The zero-order valence-corrected chi connectivity index (χ0v) is 19.3. The summed E-state index contributed by atoms with van der Waals surface area (Å²) in [5.74, 6) is 2.45. The molecule has 0 fully saturated rings. The molecular weight excluding hydrogens is 368 g/mol. The molecule has 0 aliphatic carbocycles. The minimum absolute atomic E-state index is 0.771. The van der Waals surface area contributed by atoms with Crippen LogP contribution in [0.5, 0.6) is 5.75 Å². The molecule has 30 heavy (non-hydrogen) atoms. The Morgan fingerprint density at radius 1 is 0.900 bits per heavy atom. The van der Waals surface area contributed by atoms with Crippen LogP contribution in [0.1, 0.15) is 90.5 Å². The standard InChI is InChI=1S/C27H40N2O/c1-4-6-7-8-9-10-13-20-30-26-18-16-25(17-19-26)27-28-21-24(22-29-27)15-12-11-14-23(3)5-2/h13,16-23H,4-12,14-15H2,1-3H3. The van der Waals surface area contributed by atoms with Crippen molar-refractivity contribution in [3.05, 3.63) is 54.6 Å². The van der Waals surface area contributed by atoms with Crippen LogP contribution >= 0.6 is 0 Å². The lowest BCUT2D eigenvalue weighted by Crippen LogP contribution is -1.95. The Balaban J connectivity index is 1.72. The van der Waals surface area contributed by atoms with Gasteiger partial charge in [-0.15, -0.1) is 0 Å². The number of hydrogen-bond acceptors (Lipinski definition) is 3. The summed E-state index contributed by atoms with van der Waals surface area (Å²) in [6.07, 6.45) is 21.6. The van der Waals surface area contributed by atoms with Gasteiger partial charge in [0.2, 0.25) is 0 Å². The predicted octanol–water partition coefficient (Wildman–Crippen LogP) is 8.16. The van der Waals surface area contributed by atoms with Crippen molar-refractivity contribution in [1.29, 1.82) is 0 Å². The Morgan fingerprint density at radius 2 is 1.63 bits per heavy atom. The van der Waals surface area contributed by atoms with Gasteiger partial charge < -0.3 is 4.74 Å². The largest absolute Gasteiger partial charge is 0.465 e. The van der Waals surface area contributed by atoms with Crippen LogP contribution in [-0.4, -0.2) is 9.97 Å². The Morgan fingerprint density at radius 3 is 2.33 bits per heavy atom. The van der Waals surface area contributed by atoms with E-state index >= 15 is 0 Å². The van der Waals surface area contributed by atoms with E-state index in [9.17, 15) is 0 Å². The average molecular weight is 409 g/mol. The molecule has 3 heteroatoms. The summed E-state index contributed by atoms with van der Waals surface area (Å²) in [6.45, 7) is 6.85. The minimum atomic E-state index is 0.771. The van der Waals surface area contributed by atoms with Gasteiger partial charge in [-0.05, 0) is 67.5 Å². The van der Waals surface area contributed by atoms with Crippen LogP contribution in [-0.2, 0) is 6.42 Å². The number of hydrogen-bond donors (Lipinski definition) is 0. The van der Waals surface area contributed by atoms with E-state index < -0.39 is 0 Å². The van der Waals surface area contributed by atoms with Crippen molar-refractivity contribution >= 4 is 0 Å². The first kappa shape index (κ1) is 24.1. The maximum absolute atomic E-state index is 5.70. The van der Waals surface area contributed by atoms with Crippen LogP contribution in [0.2, 0.25) is 0 Å². The molecule has 2 rings (SSSR count). The van der Waals surface area contributed by atoms with Gasteiger partial charge in [0, 0.05) is 18.0 Å². The maximum atomic E-state index is 5.70. The van der Waals surface area contributed by atoms with E-state index in [-0.39, 0.29) is 0 Å². The molecule has 1 heterocycles. The Bertz CT molecular complexity index is 707. The lowest BCUT2D eigenvalue weighted by molar-refractivity contribution is 0.477. The molecule has 0 bridgehead atoms. The number of unbranched alkanes of at least 4 members (excludes halogenated alkanes) is 6. The monoisotopic (exact) mass is 408 g/mol. The first-order valence-electron chi connectivity index (χ1n) is 12.0. The van der Waals surface area contributed by atoms with Gasteiger partial charge in [0.15, 0.2) is 5.82 Å². The number of aryl methyl sites for hydroxylation is 1. The minimum Gasteiger partial charge on any atom is -0.465 e. The fraction of sp³-hybridized carbons (Fsp3) is 0.556. The summed E-state index contributed by atoms with van der Waals surface area (Å²) in [5, 5.41) is 0. The molecule has 1 atom stereocenters. The third-order valence-electron chi connectivity index (χ3n) is 5.70. The van der Waals surface area contributed by atoms with Gasteiger partial charge in [0.25, 0.3) is 0 Å². The van der Waals surface area contributed by atoms with Gasteiger partial charge in [-0.25, -0.2) is 9.97 Å². The van der Waals surface area contributed by atoms with E-state index in [1.54, 1.807) is 6.26 Å². The first-order chi connectivity index (χ1) is 14.7. The zero-order chi connectivity index (χ0) is 21.4. The van der Waals surface area contributed by atoms with E-state index in [4.69, 9.17) is 4.74 Å². The lowest BCUT2D eigenvalue weighted by atomic mass is 10.00. The summed E-state index contributed by atoms with van der Waals surface area (Å²) in [4.78, 5) is 9.12. The molecule has 0 spiro atoms. The van der Waals surface area contributed by atoms with Crippen LogP contribution in [0.3, 0.4) is 0 Å². The second-order valence-electron chi connectivity index (χ2n) is 8.39. The molecule has 0 radical (unpaired) electrons. The van der Waals surface area contributed by atoms with Crippen molar-refractivity contribution < 1.29 is 4.74 Å². The summed E-state index contributed by atoms with van der Waals surface area (Å²) >= 11 is 0. The van der Waals surface area contributed by atoms with Crippen molar-refractivity contribution in [2.75, 3.05) is 0 Å². The highest BCUT2D eigenvalue weighted by molar-refractivity contribution is 5.55. The highest BCUT2D eigenvalue weighted by Gasteiger charge is 2.03. The number of nitrogens with zero attached hydrogens (tertiary/aromatic N) is 2. The third kappa shape index (κ3) is 9.56. The van der Waals surface area contributed by atoms with E-state index in [0.717, 1.165) is 35.9 Å². The number of benzene rings is 1. The number of allylic oxidation sites excluding steroid dienone is 1. The summed E-state index contributed by atoms with van der Waals surface area (Å²) < 4.78 is 5.70. The quantitative estimate of drug-likeness (QED) is 0.220. The fourth-order valence-corrected chi connectivity index (χ4v) is 3.40. The Kier molecular flexibility index (Phi) is 11.9. The molecule has 0 amide bonds. The summed E-state index contributed by atoms with van der Waals surface area (Å²) in [7, 11) is 0. The molecule has 1 aromatic carbocycles. The molecule has 164 valence electrons. The van der Waals surface area contributed by atoms with Gasteiger partial charge in [0.05, 0.1) is 6.26 Å². The van der Waals surface area contributed by atoms with Crippen LogP contribution in [0.15, 0.2) is 49.0 Å². The zero-order valence-electron chi connectivity index (χ0n) is 19.3. The summed E-state index contributed by atoms with van der Waals surface area (Å²) in [5.41, 5.74) is 2.24. The molecule has 1 unspecified atom stereocenters. The molecule has 2 aromatic rings. The van der Waals surface area contributed by atoms with Crippen LogP contribution in [0.25, 0.3) is 11.4 Å². The predicted molar refractivity (Wildman–Crippen MR) is 128 cm³/mol. The lowest BCUT2D eigenvalue weighted by Gasteiger charge is -2.07. The van der Waals surface area contributed by atoms with E-state index in [0.29, 0.717) is 0 Å². The molecule has 0 aliphatic rings. The molecule has 0 saturated heterocycles. The number of rotatable bonds is 15. The number of ether oxygens (including phenoxy) is 1. The van der Waals surface area contributed by atoms with Gasteiger partial charge in [-0.1, -0.05) is 65.7 Å². The number of aromatic nitrogens is 2. The molecule has 1 aromatic heterocycles. The molecular formula is C27H40N2O. The van der Waals surface area contributed by atoms with Gasteiger partial charge >= 0.3 is 0 Å². The molecule has 0 N–H and O–H groups in total. The van der Waals surface area contributed by atoms with Crippen molar-refractivity contribution in [2.45, 2.75) is 91.4 Å². The van der Waals surface area contributed by atoms with Gasteiger partial charge in [-0.2, -0.15) is 0 Å². The molecule has 0 aliphatic heterocycles. The van der Waals surface area contributed by atoms with E-state index in [1.807, 2.05) is 36.7 Å². The van der Waals surface area contributed by atoms with Crippen molar-refractivity contribution in [3.63, 3.8) is 0 Å². The van der Waals surface area contributed by atoms with Crippen molar-refractivity contribution in [3.8, 4) is 17.1 Å². The van der Waals surface area contributed by atoms with Gasteiger partial charge in [0.1, 0.15) is 5.75 Å². The van der Waals surface area contributed by atoms with Gasteiger partial charge in [-0.3, -0.25) is 0 Å². The van der Waals surface area contributed by atoms with Crippen LogP contribution in [0.4, 0.5) is 0 Å². The van der Waals surface area contributed by atoms with E-state index in [1.165, 1.54) is 63.4 Å². The smallest absolute Gasteiger partial charge is 0.159 e. The third-order valence-corrected chi connectivity index (χ3v) is 5.70. The highest BCUT2D eigenvalue weighted by Crippen LogP contribution is 2.20. The second-order valence-corrected chi connectivity index (χ2v) is 8.39. The second kappa shape index (κ2) is 14.8. The Hall–Kier alpha value is -2.16. The van der Waals surface area contributed by atoms with E-state index in [2.05, 4.69) is 36.8 Å². The normalized spacial score (nSPS) is 12.4. The van der Waals surface area contributed by atoms with Crippen molar-refractivity contribution in [1.82, 2.24) is 9.97 Å². The fourth-order valence-electron chi connectivity index (χ4n) is 3.40. The first-order valence-corrected chi connectivity index (χ1v) is 12.0. The molecule has 3 nitrogen and oxygen atoms in total.